The molecule has 0 amide bonds. The van der Waals surface area contributed by atoms with Gasteiger partial charge in [-0.1, -0.05) is 23.4 Å². The highest BCUT2D eigenvalue weighted by atomic mass is 16.5. The highest BCUT2D eigenvalue weighted by molar-refractivity contribution is 5.86. The topological polar surface area (TPSA) is 115 Å². The molecule has 1 aromatic heterocycles. The van der Waals surface area contributed by atoms with Gasteiger partial charge in [0.05, 0.1) is 25.3 Å². The average molecular weight is 319 g/mol. The van der Waals surface area contributed by atoms with Crippen molar-refractivity contribution in [3.8, 4) is 5.75 Å². The Balaban J connectivity index is 1.95. The molecule has 0 aliphatic rings. The van der Waals surface area contributed by atoms with Crippen LogP contribution in [0.5, 0.6) is 5.75 Å². The molecule has 2 rings (SSSR count). The molecule has 8 nitrogen and oxygen atoms in total. The summed E-state index contributed by atoms with van der Waals surface area (Å²) in [6.45, 7) is 0.498. The van der Waals surface area contributed by atoms with Gasteiger partial charge in [0.15, 0.2) is 5.69 Å². The summed E-state index contributed by atoms with van der Waals surface area (Å²) in [5.74, 6) is -1.41. The number of aliphatic carboxylic acids is 1. The van der Waals surface area contributed by atoms with E-state index < -0.39 is 11.9 Å². The number of rotatable bonds is 9. The van der Waals surface area contributed by atoms with E-state index in [-0.39, 0.29) is 18.7 Å². The summed E-state index contributed by atoms with van der Waals surface area (Å²) in [4.78, 5) is 21.8. The van der Waals surface area contributed by atoms with Gasteiger partial charge < -0.3 is 14.9 Å². The van der Waals surface area contributed by atoms with Gasteiger partial charge in [-0.15, -0.1) is 5.10 Å². The Morgan fingerprint density at radius 3 is 2.57 bits per heavy atom. The lowest BCUT2D eigenvalue weighted by atomic mass is 10.2. The highest BCUT2D eigenvalue weighted by Crippen LogP contribution is 2.12. The van der Waals surface area contributed by atoms with Crippen molar-refractivity contribution < 1.29 is 24.5 Å². The minimum atomic E-state index is -1.18. The Labute approximate surface area is 132 Å². The molecule has 122 valence electrons. The number of benzene rings is 1. The summed E-state index contributed by atoms with van der Waals surface area (Å²) >= 11 is 0. The fourth-order valence-corrected chi connectivity index (χ4v) is 2.07. The zero-order chi connectivity index (χ0) is 16.7. The zero-order valence-electron chi connectivity index (χ0n) is 12.4. The summed E-state index contributed by atoms with van der Waals surface area (Å²) in [6, 6.07) is 9.28. The monoisotopic (exact) mass is 319 g/mol. The van der Waals surface area contributed by atoms with E-state index in [1.807, 2.05) is 30.3 Å². The number of ether oxygens (including phenoxy) is 1. The fraction of sp³-hybridized carbons (Fsp3) is 0.333. The van der Waals surface area contributed by atoms with Gasteiger partial charge in [-0.25, -0.2) is 9.48 Å². The summed E-state index contributed by atoms with van der Waals surface area (Å²) in [6.07, 6.45) is 0.812. The molecule has 0 saturated carbocycles. The number of aromatic carboxylic acids is 1. The molecule has 0 bridgehead atoms. The smallest absolute Gasteiger partial charge is 0.358 e. The Hall–Kier alpha value is -2.90. The van der Waals surface area contributed by atoms with Crippen LogP contribution in [-0.4, -0.2) is 43.8 Å². The molecule has 0 fully saturated rings. The third-order valence-corrected chi connectivity index (χ3v) is 3.15. The van der Waals surface area contributed by atoms with E-state index >= 15 is 0 Å². The Morgan fingerprint density at radius 2 is 1.91 bits per heavy atom. The fourth-order valence-electron chi connectivity index (χ4n) is 2.07. The number of hydrogen-bond acceptors (Lipinski definition) is 5. The zero-order valence-corrected chi connectivity index (χ0v) is 12.4. The molecule has 2 N–H and O–H groups in total. The first-order valence-corrected chi connectivity index (χ1v) is 7.13. The molecule has 8 heteroatoms. The summed E-state index contributed by atoms with van der Waals surface area (Å²) < 4.78 is 6.88. The standard InChI is InChI=1S/C15H17N3O5/c19-13(20)8-9-18-12(14(15(21)22)16-17-18)7-4-10-23-11-5-2-1-3-6-11/h1-3,5-6H,4,7-10H2,(H,19,20)(H,21,22). The van der Waals surface area contributed by atoms with E-state index in [2.05, 4.69) is 10.3 Å². The molecule has 0 aliphatic heterocycles. The Bertz CT molecular complexity index is 669. The molecule has 0 aliphatic carbocycles. The number of aryl methyl sites for hydroxylation is 1. The SMILES string of the molecule is O=C(O)CCn1nnc(C(=O)O)c1CCCOc1ccccc1. The van der Waals surface area contributed by atoms with E-state index in [0.29, 0.717) is 25.1 Å². The Kier molecular flexibility index (Phi) is 5.67. The van der Waals surface area contributed by atoms with Crippen molar-refractivity contribution in [3.05, 3.63) is 41.7 Å². The molecule has 0 spiro atoms. The molecular weight excluding hydrogens is 302 g/mol. The van der Waals surface area contributed by atoms with Gasteiger partial charge in [-0.2, -0.15) is 0 Å². The van der Waals surface area contributed by atoms with Crippen LogP contribution in [0.4, 0.5) is 0 Å². The number of para-hydroxylation sites is 1. The summed E-state index contributed by atoms with van der Waals surface area (Å²) in [5, 5.41) is 25.2. The lowest BCUT2D eigenvalue weighted by molar-refractivity contribution is -0.137. The molecule has 0 unspecified atom stereocenters. The number of carboxylic acids is 2. The quantitative estimate of drug-likeness (QED) is 0.672. The summed E-state index contributed by atoms with van der Waals surface area (Å²) in [7, 11) is 0. The van der Waals surface area contributed by atoms with E-state index in [9.17, 15) is 9.59 Å². The number of carbonyl (C=O) groups is 2. The molecule has 1 aromatic carbocycles. The van der Waals surface area contributed by atoms with Crippen LogP contribution in [0.15, 0.2) is 30.3 Å². The lowest BCUT2D eigenvalue weighted by Gasteiger charge is -2.08. The predicted molar refractivity (Wildman–Crippen MR) is 79.5 cm³/mol. The second-order valence-corrected chi connectivity index (χ2v) is 4.82. The number of aromatic nitrogens is 3. The van der Waals surface area contributed by atoms with E-state index in [0.717, 1.165) is 5.75 Å². The van der Waals surface area contributed by atoms with E-state index in [1.165, 1.54) is 4.68 Å². The first kappa shape index (κ1) is 16.5. The van der Waals surface area contributed by atoms with E-state index in [4.69, 9.17) is 14.9 Å². The van der Waals surface area contributed by atoms with Gasteiger partial charge in [-0.3, -0.25) is 4.79 Å². The van der Waals surface area contributed by atoms with Crippen LogP contribution in [0, 0.1) is 0 Å². The first-order valence-electron chi connectivity index (χ1n) is 7.13. The number of carboxylic acid groups (broad SMARTS) is 2. The third kappa shape index (κ3) is 4.80. The van der Waals surface area contributed by atoms with Gasteiger partial charge in [0.1, 0.15) is 5.75 Å². The van der Waals surface area contributed by atoms with Crippen LogP contribution in [0.1, 0.15) is 29.0 Å². The van der Waals surface area contributed by atoms with Gasteiger partial charge in [-0.05, 0) is 25.0 Å². The van der Waals surface area contributed by atoms with Crippen molar-refractivity contribution in [1.82, 2.24) is 15.0 Å². The van der Waals surface area contributed by atoms with Crippen molar-refractivity contribution in [2.75, 3.05) is 6.61 Å². The molecule has 2 aromatic rings. The van der Waals surface area contributed by atoms with Crippen LogP contribution in [0.25, 0.3) is 0 Å². The van der Waals surface area contributed by atoms with Crippen molar-refractivity contribution in [3.63, 3.8) is 0 Å². The van der Waals surface area contributed by atoms with Gasteiger partial charge in [0.2, 0.25) is 0 Å². The second kappa shape index (κ2) is 7.92. The molecule has 0 atom stereocenters. The van der Waals surface area contributed by atoms with Crippen LogP contribution in [-0.2, 0) is 17.8 Å². The van der Waals surface area contributed by atoms with Crippen molar-refractivity contribution in [2.24, 2.45) is 0 Å². The molecule has 23 heavy (non-hydrogen) atoms. The first-order chi connectivity index (χ1) is 11.1. The van der Waals surface area contributed by atoms with Gasteiger partial charge in [0, 0.05) is 0 Å². The normalized spacial score (nSPS) is 10.4. The maximum Gasteiger partial charge on any atom is 0.358 e. The van der Waals surface area contributed by atoms with Crippen LogP contribution < -0.4 is 4.74 Å². The van der Waals surface area contributed by atoms with Gasteiger partial charge in [0.25, 0.3) is 0 Å². The highest BCUT2D eigenvalue weighted by Gasteiger charge is 2.19. The Morgan fingerprint density at radius 1 is 1.17 bits per heavy atom. The average Bonchev–Trinajstić information content (AvgIpc) is 2.93. The number of nitrogens with zero attached hydrogens (tertiary/aromatic N) is 3. The van der Waals surface area contributed by atoms with Crippen LogP contribution in [0.3, 0.4) is 0 Å². The minimum Gasteiger partial charge on any atom is -0.494 e. The second-order valence-electron chi connectivity index (χ2n) is 4.82. The molecule has 0 radical (unpaired) electrons. The summed E-state index contributed by atoms with van der Waals surface area (Å²) in [5.41, 5.74) is 0.269. The maximum absolute atomic E-state index is 11.2. The minimum absolute atomic E-state index is 0.0878. The van der Waals surface area contributed by atoms with Gasteiger partial charge >= 0.3 is 11.9 Å². The molecule has 0 saturated heterocycles. The largest absolute Gasteiger partial charge is 0.494 e. The molecular formula is C15H17N3O5. The third-order valence-electron chi connectivity index (χ3n) is 3.15. The van der Waals surface area contributed by atoms with Crippen molar-refractivity contribution in [1.29, 1.82) is 0 Å². The lowest BCUT2D eigenvalue weighted by Crippen LogP contribution is -2.12. The molecule has 1 heterocycles. The van der Waals surface area contributed by atoms with Crippen LogP contribution in [0.2, 0.25) is 0 Å². The van der Waals surface area contributed by atoms with Crippen molar-refractivity contribution in [2.45, 2.75) is 25.8 Å². The number of hydrogen-bond donors (Lipinski definition) is 2. The maximum atomic E-state index is 11.2. The predicted octanol–water partition coefficient (Wildman–Crippen LogP) is 1.46. The van der Waals surface area contributed by atoms with Crippen molar-refractivity contribution >= 4 is 11.9 Å². The van der Waals surface area contributed by atoms with E-state index in [1.54, 1.807) is 0 Å². The van der Waals surface area contributed by atoms with Crippen LogP contribution >= 0.6 is 0 Å².